The van der Waals surface area contributed by atoms with Gasteiger partial charge in [-0.3, -0.25) is 4.79 Å². The molecule has 0 heterocycles. The number of carbonyl (C=O) groups excluding carboxylic acids is 1. The monoisotopic (exact) mass is 267 g/mol. The second-order valence-corrected chi connectivity index (χ2v) is 5.06. The number of carbonyl (C=O) groups is 1. The molecule has 2 rings (SSSR count). The Hall–Kier alpha value is -2.09. The first kappa shape index (κ1) is 14.3. The van der Waals surface area contributed by atoms with E-state index in [0.717, 1.165) is 12.0 Å². The lowest BCUT2D eigenvalue weighted by molar-refractivity contribution is -0.119. The molecule has 0 radical (unpaired) electrons. The number of hydrogen-bond acceptors (Lipinski definition) is 1. The molecule has 0 aliphatic heterocycles. The number of aryl methyl sites for hydroxylation is 1. The van der Waals surface area contributed by atoms with Crippen LogP contribution in [0.15, 0.2) is 48.5 Å². The highest BCUT2D eigenvalue weighted by Gasteiger charge is 2.00. The highest BCUT2D eigenvalue weighted by atomic mass is 16.1. The Morgan fingerprint density at radius 2 is 1.75 bits per heavy atom. The lowest BCUT2D eigenvalue weighted by atomic mass is 10.00. The molecule has 0 saturated heterocycles. The number of benzene rings is 2. The molecule has 0 saturated carbocycles. The Morgan fingerprint density at radius 1 is 1.00 bits per heavy atom. The quantitative estimate of drug-likeness (QED) is 0.873. The summed E-state index contributed by atoms with van der Waals surface area (Å²) in [5.74, 6) is 0.00124. The zero-order valence-electron chi connectivity index (χ0n) is 12.1. The van der Waals surface area contributed by atoms with Gasteiger partial charge in [0.2, 0.25) is 5.91 Å². The fraction of sp³-hybridized carbons (Fsp3) is 0.278. The van der Waals surface area contributed by atoms with Gasteiger partial charge in [-0.05, 0) is 28.7 Å². The van der Waals surface area contributed by atoms with E-state index < -0.39 is 0 Å². The average molecular weight is 267 g/mol. The standard InChI is InChI=1S/C18H21NO/c1-3-5-15-6-4-7-18(12-15)17-10-8-16(9-11-17)13-19-14(2)20/h4,6-12H,3,5,13H2,1-2H3,(H,19,20). The van der Waals surface area contributed by atoms with Crippen molar-refractivity contribution in [3.63, 3.8) is 0 Å². The van der Waals surface area contributed by atoms with Gasteiger partial charge in [-0.1, -0.05) is 61.9 Å². The van der Waals surface area contributed by atoms with Gasteiger partial charge in [-0.2, -0.15) is 0 Å². The maximum atomic E-state index is 10.9. The van der Waals surface area contributed by atoms with Gasteiger partial charge in [-0.15, -0.1) is 0 Å². The Bertz CT molecular complexity index is 572. The van der Waals surface area contributed by atoms with Crippen LogP contribution in [0, 0.1) is 0 Å². The molecule has 0 aliphatic carbocycles. The zero-order valence-corrected chi connectivity index (χ0v) is 12.1. The first-order valence-electron chi connectivity index (χ1n) is 7.11. The SMILES string of the molecule is CCCc1cccc(-c2ccc(CNC(C)=O)cc2)c1. The number of nitrogens with one attached hydrogen (secondary N) is 1. The van der Waals surface area contributed by atoms with Crippen LogP contribution in [0.25, 0.3) is 11.1 Å². The summed E-state index contributed by atoms with van der Waals surface area (Å²) in [4.78, 5) is 10.9. The lowest BCUT2D eigenvalue weighted by Gasteiger charge is -2.07. The predicted octanol–water partition coefficient (Wildman–Crippen LogP) is 3.94. The highest BCUT2D eigenvalue weighted by molar-refractivity contribution is 5.72. The Morgan fingerprint density at radius 3 is 2.40 bits per heavy atom. The molecule has 20 heavy (non-hydrogen) atoms. The van der Waals surface area contributed by atoms with Gasteiger partial charge in [0.15, 0.2) is 0 Å². The van der Waals surface area contributed by atoms with Crippen LogP contribution in [-0.2, 0) is 17.8 Å². The summed E-state index contributed by atoms with van der Waals surface area (Å²) in [6, 6.07) is 17.1. The molecule has 0 aliphatic rings. The van der Waals surface area contributed by atoms with Gasteiger partial charge < -0.3 is 5.32 Å². The predicted molar refractivity (Wildman–Crippen MR) is 83.4 cm³/mol. The Kier molecular flexibility index (Phi) is 4.94. The fourth-order valence-electron chi connectivity index (χ4n) is 2.24. The summed E-state index contributed by atoms with van der Waals surface area (Å²) in [6.07, 6.45) is 2.29. The maximum absolute atomic E-state index is 10.9. The van der Waals surface area contributed by atoms with E-state index in [1.54, 1.807) is 0 Å². The van der Waals surface area contributed by atoms with Crippen LogP contribution in [0.4, 0.5) is 0 Å². The molecule has 2 nitrogen and oxygen atoms in total. The van der Waals surface area contributed by atoms with E-state index in [1.807, 2.05) is 0 Å². The second kappa shape index (κ2) is 6.90. The molecule has 0 fully saturated rings. The van der Waals surface area contributed by atoms with Crippen LogP contribution in [0.2, 0.25) is 0 Å². The van der Waals surface area contributed by atoms with E-state index in [9.17, 15) is 4.79 Å². The molecule has 2 heteroatoms. The normalized spacial score (nSPS) is 10.3. The molecule has 1 amide bonds. The van der Waals surface area contributed by atoms with Crippen LogP contribution in [0.5, 0.6) is 0 Å². The van der Waals surface area contributed by atoms with Crippen molar-refractivity contribution in [1.82, 2.24) is 5.32 Å². The summed E-state index contributed by atoms with van der Waals surface area (Å²) in [7, 11) is 0. The van der Waals surface area contributed by atoms with E-state index in [1.165, 1.54) is 30.0 Å². The Labute approximate surface area is 120 Å². The maximum Gasteiger partial charge on any atom is 0.217 e. The molecule has 0 unspecified atom stereocenters. The van der Waals surface area contributed by atoms with E-state index in [-0.39, 0.29) is 5.91 Å². The summed E-state index contributed by atoms with van der Waals surface area (Å²) in [5.41, 5.74) is 4.97. The summed E-state index contributed by atoms with van der Waals surface area (Å²) >= 11 is 0. The molecule has 0 atom stereocenters. The molecule has 2 aromatic rings. The molecule has 0 bridgehead atoms. The molecule has 2 aromatic carbocycles. The molecule has 0 aromatic heterocycles. The average Bonchev–Trinajstić information content (AvgIpc) is 2.46. The third kappa shape index (κ3) is 3.95. The number of rotatable bonds is 5. The van der Waals surface area contributed by atoms with Crippen molar-refractivity contribution < 1.29 is 4.79 Å². The van der Waals surface area contributed by atoms with E-state index in [0.29, 0.717) is 6.54 Å². The third-order valence-corrected chi connectivity index (χ3v) is 3.29. The summed E-state index contributed by atoms with van der Waals surface area (Å²) < 4.78 is 0. The van der Waals surface area contributed by atoms with Gasteiger partial charge in [0.1, 0.15) is 0 Å². The minimum atomic E-state index is 0.00124. The van der Waals surface area contributed by atoms with Gasteiger partial charge in [0.05, 0.1) is 0 Å². The molecule has 0 spiro atoms. The second-order valence-electron chi connectivity index (χ2n) is 5.06. The van der Waals surface area contributed by atoms with E-state index >= 15 is 0 Å². The van der Waals surface area contributed by atoms with Crippen molar-refractivity contribution in [3.05, 3.63) is 59.7 Å². The Balaban J connectivity index is 2.13. The molecular formula is C18H21NO. The third-order valence-electron chi connectivity index (χ3n) is 3.29. The van der Waals surface area contributed by atoms with Crippen LogP contribution >= 0.6 is 0 Å². The minimum absolute atomic E-state index is 0.00124. The van der Waals surface area contributed by atoms with Gasteiger partial charge in [-0.25, -0.2) is 0 Å². The lowest BCUT2D eigenvalue weighted by Crippen LogP contribution is -2.18. The van der Waals surface area contributed by atoms with Crippen molar-refractivity contribution in [2.45, 2.75) is 33.2 Å². The highest BCUT2D eigenvalue weighted by Crippen LogP contribution is 2.21. The van der Waals surface area contributed by atoms with Crippen LogP contribution in [0.3, 0.4) is 0 Å². The van der Waals surface area contributed by atoms with Crippen LogP contribution in [-0.4, -0.2) is 5.91 Å². The number of hydrogen-bond donors (Lipinski definition) is 1. The van der Waals surface area contributed by atoms with E-state index in [4.69, 9.17) is 0 Å². The molecular weight excluding hydrogens is 246 g/mol. The first-order valence-corrected chi connectivity index (χ1v) is 7.11. The van der Waals surface area contributed by atoms with Crippen molar-refractivity contribution >= 4 is 5.91 Å². The van der Waals surface area contributed by atoms with Crippen LogP contribution < -0.4 is 5.32 Å². The topological polar surface area (TPSA) is 29.1 Å². The van der Waals surface area contributed by atoms with Crippen LogP contribution in [0.1, 0.15) is 31.4 Å². The zero-order chi connectivity index (χ0) is 14.4. The fourth-order valence-corrected chi connectivity index (χ4v) is 2.24. The summed E-state index contributed by atoms with van der Waals surface area (Å²) in [5, 5.41) is 2.81. The minimum Gasteiger partial charge on any atom is -0.352 e. The molecule has 1 N–H and O–H groups in total. The first-order chi connectivity index (χ1) is 9.69. The largest absolute Gasteiger partial charge is 0.352 e. The van der Waals surface area contributed by atoms with Crippen molar-refractivity contribution in [2.24, 2.45) is 0 Å². The summed E-state index contributed by atoms with van der Waals surface area (Å²) in [6.45, 7) is 4.32. The smallest absolute Gasteiger partial charge is 0.217 e. The van der Waals surface area contributed by atoms with E-state index in [2.05, 4.69) is 60.8 Å². The van der Waals surface area contributed by atoms with Gasteiger partial charge >= 0.3 is 0 Å². The molecule has 104 valence electrons. The van der Waals surface area contributed by atoms with Crippen molar-refractivity contribution in [1.29, 1.82) is 0 Å². The van der Waals surface area contributed by atoms with Gasteiger partial charge in [0.25, 0.3) is 0 Å². The van der Waals surface area contributed by atoms with Crippen molar-refractivity contribution in [3.8, 4) is 11.1 Å². The van der Waals surface area contributed by atoms with Crippen molar-refractivity contribution in [2.75, 3.05) is 0 Å². The van der Waals surface area contributed by atoms with Gasteiger partial charge in [0, 0.05) is 13.5 Å². The number of amides is 1.